The lowest BCUT2D eigenvalue weighted by Crippen LogP contribution is -1.83. The summed E-state index contributed by atoms with van der Waals surface area (Å²) in [7, 11) is 0. The number of benzene rings is 1. The molecule has 0 fully saturated rings. The zero-order valence-electron chi connectivity index (χ0n) is 8.49. The van der Waals surface area contributed by atoms with E-state index in [0.29, 0.717) is 0 Å². The Hall–Kier alpha value is -1.03. The van der Waals surface area contributed by atoms with E-state index >= 15 is 0 Å². The molecule has 0 radical (unpaired) electrons. The molecule has 0 unspecified atom stereocenters. The van der Waals surface area contributed by atoms with Crippen molar-refractivity contribution in [3.05, 3.63) is 16.0 Å². The van der Waals surface area contributed by atoms with Crippen LogP contribution >= 0.6 is 39.0 Å². The number of aromatic nitrogens is 3. The van der Waals surface area contributed by atoms with E-state index in [9.17, 15) is 0 Å². The van der Waals surface area contributed by atoms with Crippen molar-refractivity contribution < 1.29 is 0 Å². The van der Waals surface area contributed by atoms with Crippen molar-refractivity contribution in [2.75, 3.05) is 0 Å². The Morgan fingerprint density at radius 1 is 1.06 bits per heavy atom. The Balaban J connectivity index is 2.23. The fraction of sp³-hybridized carbons (Fsp3) is 0. The molecular weight excluding hydrogens is 354 g/mol. The fourth-order valence-corrected chi connectivity index (χ4v) is 4.36. The van der Waals surface area contributed by atoms with Gasteiger partial charge in [-0.25, -0.2) is 4.98 Å². The molecule has 0 amide bonds. The average molecular weight is 356 g/mol. The molecule has 0 atom stereocenters. The molecule has 4 rings (SSSR count). The minimum Gasteiger partial charge on any atom is -0.244 e. The van der Waals surface area contributed by atoms with E-state index in [1.165, 1.54) is 23.1 Å². The second-order valence-corrected chi connectivity index (χ2v) is 6.19. The first-order valence-corrected chi connectivity index (χ1v) is 7.95. The fourth-order valence-electron chi connectivity index (χ4n) is 1.77. The van der Waals surface area contributed by atoms with Gasteiger partial charge in [-0.15, -0.1) is 11.3 Å². The van der Waals surface area contributed by atoms with Gasteiger partial charge in [-0.3, -0.25) is 0 Å². The Labute approximate surface area is 121 Å². The smallest absolute Gasteiger partial charge is 0.127 e. The van der Waals surface area contributed by atoms with Crippen LogP contribution in [-0.2, 0) is 11.4 Å². The molecule has 0 bridgehead atoms. The minimum atomic E-state index is 0.824. The van der Waals surface area contributed by atoms with Crippen LogP contribution in [0.5, 0.6) is 0 Å². The Kier molecular flexibility index (Phi) is 2.40. The van der Waals surface area contributed by atoms with Gasteiger partial charge in [0.2, 0.25) is 0 Å². The minimum absolute atomic E-state index is 0.824. The van der Waals surface area contributed by atoms with Gasteiger partial charge in [0.1, 0.15) is 27.4 Å². The molecule has 0 saturated heterocycles. The van der Waals surface area contributed by atoms with Crippen molar-refractivity contribution in [1.82, 2.24) is 13.7 Å². The van der Waals surface area contributed by atoms with E-state index in [1.807, 2.05) is 5.38 Å². The van der Waals surface area contributed by atoms with Gasteiger partial charge in [-0.2, -0.15) is 17.5 Å². The zero-order valence-corrected chi connectivity index (χ0v) is 12.5. The van der Waals surface area contributed by atoms with Gasteiger partial charge in [-0.05, 0) is 15.9 Å². The molecule has 5 nitrogen and oxygen atoms in total. The van der Waals surface area contributed by atoms with Crippen LogP contribution in [0.25, 0.3) is 21.6 Å². The molecule has 1 aliphatic heterocycles. The number of hydrogen-bond donors (Lipinski definition) is 0. The summed E-state index contributed by atoms with van der Waals surface area (Å²) in [5, 5.41) is 2.84. The molecule has 3 aromatic rings. The SMILES string of the molecule is Brc1c2c(c(-c3nccs3)c3nsnc13)N=S=N2. The predicted octanol–water partition coefficient (Wildman–Crippen LogP) is 4.30. The molecule has 88 valence electrons. The lowest BCUT2D eigenvalue weighted by molar-refractivity contribution is 1.40. The van der Waals surface area contributed by atoms with Crippen LogP contribution in [-0.4, -0.2) is 13.7 Å². The van der Waals surface area contributed by atoms with Crippen LogP contribution < -0.4 is 0 Å². The Morgan fingerprint density at radius 3 is 2.72 bits per heavy atom. The summed E-state index contributed by atoms with van der Waals surface area (Å²) in [5.74, 6) is 0. The maximum absolute atomic E-state index is 4.37. The van der Waals surface area contributed by atoms with Crippen molar-refractivity contribution in [2.45, 2.75) is 0 Å². The highest BCUT2D eigenvalue weighted by Gasteiger charge is 2.24. The topological polar surface area (TPSA) is 63.4 Å². The van der Waals surface area contributed by atoms with E-state index in [0.717, 1.165) is 37.5 Å². The van der Waals surface area contributed by atoms with Crippen molar-refractivity contribution in [2.24, 2.45) is 8.73 Å². The van der Waals surface area contributed by atoms with Crippen molar-refractivity contribution in [3.63, 3.8) is 0 Å². The Morgan fingerprint density at radius 2 is 1.89 bits per heavy atom. The first-order chi connectivity index (χ1) is 8.86. The van der Waals surface area contributed by atoms with E-state index in [-0.39, 0.29) is 0 Å². The first kappa shape index (κ1) is 10.9. The number of nitrogens with zero attached hydrogens (tertiary/aromatic N) is 5. The third-order valence-corrected chi connectivity index (χ3v) is 5.11. The summed E-state index contributed by atoms with van der Waals surface area (Å²) in [6.45, 7) is 0. The van der Waals surface area contributed by atoms with E-state index < -0.39 is 0 Å². The normalized spacial score (nSPS) is 12.9. The quantitative estimate of drug-likeness (QED) is 0.511. The summed E-state index contributed by atoms with van der Waals surface area (Å²) in [6.07, 6.45) is 1.78. The van der Waals surface area contributed by atoms with Crippen molar-refractivity contribution in [1.29, 1.82) is 0 Å². The second-order valence-electron chi connectivity index (χ2n) is 3.45. The van der Waals surface area contributed by atoms with Gasteiger partial charge < -0.3 is 0 Å². The first-order valence-electron chi connectivity index (χ1n) is 4.82. The zero-order chi connectivity index (χ0) is 12.1. The molecule has 0 aliphatic carbocycles. The summed E-state index contributed by atoms with van der Waals surface area (Å²) >= 11 is 7.47. The molecule has 1 aromatic carbocycles. The molecule has 18 heavy (non-hydrogen) atoms. The lowest BCUT2D eigenvalue weighted by atomic mass is 10.1. The molecule has 9 heteroatoms. The molecule has 0 N–H and O–H groups in total. The standard InChI is InChI=1S/C9H2BrN5S3/c10-4-7-5(12-17-14-7)3(9-11-1-2-16-9)6-8(4)15-18-13-6/h1-2H. The third-order valence-electron chi connectivity index (χ3n) is 2.51. The third kappa shape index (κ3) is 1.38. The number of hydrogen-bond acceptors (Lipinski definition) is 7. The molecule has 3 heterocycles. The van der Waals surface area contributed by atoms with Gasteiger partial charge >= 0.3 is 0 Å². The van der Waals surface area contributed by atoms with Gasteiger partial charge in [0.15, 0.2) is 0 Å². The van der Waals surface area contributed by atoms with Gasteiger partial charge in [0.25, 0.3) is 0 Å². The molecule has 1 aliphatic rings. The maximum Gasteiger partial charge on any atom is 0.127 e. The molecule has 2 aromatic heterocycles. The largest absolute Gasteiger partial charge is 0.244 e. The number of rotatable bonds is 1. The van der Waals surface area contributed by atoms with Crippen LogP contribution in [0.2, 0.25) is 0 Å². The maximum atomic E-state index is 4.37. The summed E-state index contributed by atoms with van der Waals surface area (Å²) in [6, 6.07) is 0. The molecular formula is C9H2BrN5S3. The summed E-state index contributed by atoms with van der Waals surface area (Å²) in [5.41, 5.74) is 4.25. The number of halogens is 1. The average Bonchev–Trinajstić information content (AvgIpc) is 3.11. The van der Waals surface area contributed by atoms with E-state index in [2.05, 4.69) is 38.4 Å². The van der Waals surface area contributed by atoms with Gasteiger partial charge in [-0.1, -0.05) is 0 Å². The van der Waals surface area contributed by atoms with Gasteiger partial charge in [0, 0.05) is 11.6 Å². The van der Waals surface area contributed by atoms with Crippen LogP contribution in [0.15, 0.2) is 24.8 Å². The molecule has 0 saturated carbocycles. The van der Waals surface area contributed by atoms with E-state index in [1.54, 1.807) is 17.5 Å². The van der Waals surface area contributed by atoms with Crippen LogP contribution in [0.4, 0.5) is 11.4 Å². The monoisotopic (exact) mass is 355 g/mol. The van der Waals surface area contributed by atoms with Crippen molar-refractivity contribution >= 4 is 72.8 Å². The number of fused-ring (bicyclic) bond motifs is 2. The summed E-state index contributed by atoms with van der Waals surface area (Å²) in [4.78, 5) is 4.35. The van der Waals surface area contributed by atoms with Gasteiger partial charge in [0.05, 0.1) is 33.1 Å². The van der Waals surface area contributed by atoms with Crippen molar-refractivity contribution in [3.8, 4) is 10.6 Å². The lowest BCUT2D eigenvalue weighted by Gasteiger charge is -2.05. The van der Waals surface area contributed by atoms with Crippen LogP contribution in [0.1, 0.15) is 0 Å². The Bertz CT molecular complexity index is 832. The number of thiazole rings is 1. The second kappa shape index (κ2) is 3.98. The predicted molar refractivity (Wildman–Crippen MR) is 77.8 cm³/mol. The highest BCUT2D eigenvalue weighted by atomic mass is 79.9. The summed E-state index contributed by atoms with van der Waals surface area (Å²) < 4.78 is 18.2. The molecule has 0 spiro atoms. The highest BCUT2D eigenvalue weighted by Crippen LogP contribution is 2.50. The van der Waals surface area contributed by atoms with Crippen LogP contribution in [0, 0.1) is 0 Å². The van der Waals surface area contributed by atoms with Crippen LogP contribution in [0.3, 0.4) is 0 Å². The highest BCUT2D eigenvalue weighted by molar-refractivity contribution is 9.10. The van der Waals surface area contributed by atoms with E-state index in [4.69, 9.17) is 0 Å².